The molecule has 0 aromatic heterocycles. The summed E-state index contributed by atoms with van der Waals surface area (Å²) in [6.07, 6.45) is 2.45. The van der Waals surface area contributed by atoms with Gasteiger partial charge in [0.15, 0.2) is 5.78 Å². The lowest BCUT2D eigenvalue weighted by Gasteiger charge is -2.26. The van der Waals surface area contributed by atoms with Crippen LogP contribution in [0.5, 0.6) is 0 Å². The summed E-state index contributed by atoms with van der Waals surface area (Å²) < 4.78 is 25.9. The third-order valence-corrected chi connectivity index (χ3v) is 7.24. The fourth-order valence-corrected chi connectivity index (χ4v) is 5.42. The number of Topliss-reactive ketones (excluding diaryl/α,β-unsaturated/α-hetero) is 1. The molecular weight excluding hydrogens is 370 g/mol. The fraction of sp³-hybridized carbons (Fsp3) is 0.350. The van der Waals surface area contributed by atoms with Crippen molar-refractivity contribution in [2.24, 2.45) is 5.41 Å². The predicted molar refractivity (Wildman–Crippen MR) is 103 cm³/mol. The first-order valence-electron chi connectivity index (χ1n) is 8.76. The predicted octanol–water partition coefficient (Wildman–Crippen LogP) is 4.14. The summed E-state index contributed by atoms with van der Waals surface area (Å²) in [5.41, 5.74) is -0.0582. The second-order valence-corrected chi connectivity index (χ2v) is 9.07. The normalized spacial score (nSPS) is 20.2. The molecule has 6 heteroatoms. The van der Waals surface area contributed by atoms with E-state index in [2.05, 4.69) is 12.2 Å². The Morgan fingerprint density at radius 2 is 1.92 bits per heavy atom. The van der Waals surface area contributed by atoms with E-state index in [1.165, 1.54) is 24.3 Å². The minimum atomic E-state index is -3.78. The van der Waals surface area contributed by atoms with Gasteiger partial charge in [0.1, 0.15) is 0 Å². The second-order valence-electron chi connectivity index (χ2n) is 6.75. The van der Waals surface area contributed by atoms with Crippen LogP contribution in [0.1, 0.15) is 36.5 Å². The average molecular weight is 392 g/mol. The number of benzene rings is 2. The van der Waals surface area contributed by atoms with Gasteiger partial charge in [-0.1, -0.05) is 43.1 Å². The number of hydrogen-bond donors (Lipinski definition) is 1. The summed E-state index contributed by atoms with van der Waals surface area (Å²) in [4.78, 5) is 13.4. The summed E-state index contributed by atoms with van der Waals surface area (Å²) in [7, 11) is -3.78. The van der Waals surface area contributed by atoms with E-state index >= 15 is 0 Å². The van der Waals surface area contributed by atoms with Crippen molar-refractivity contribution in [1.29, 1.82) is 0 Å². The van der Waals surface area contributed by atoms with E-state index in [4.69, 9.17) is 11.6 Å². The van der Waals surface area contributed by atoms with Crippen LogP contribution in [0.2, 0.25) is 5.02 Å². The molecule has 1 fully saturated rings. The molecule has 0 aliphatic carbocycles. The molecule has 4 nitrogen and oxygen atoms in total. The Labute approximate surface area is 159 Å². The van der Waals surface area contributed by atoms with Gasteiger partial charge >= 0.3 is 0 Å². The third-order valence-electron chi connectivity index (χ3n) is 4.99. The van der Waals surface area contributed by atoms with Crippen molar-refractivity contribution in [1.82, 2.24) is 5.32 Å². The Balaban J connectivity index is 2.05. The van der Waals surface area contributed by atoms with Crippen LogP contribution in [-0.4, -0.2) is 27.3 Å². The minimum absolute atomic E-state index is 0.00877. The summed E-state index contributed by atoms with van der Waals surface area (Å²) >= 11 is 6.19. The summed E-state index contributed by atoms with van der Waals surface area (Å²) in [5.74, 6) is -0.00877. The topological polar surface area (TPSA) is 63.2 Å². The van der Waals surface area contributed by atoms with Crippen LogP contribution in [0, 0.1) is 5.41 Å². The molecule has 1 atom stereocenters. The van der Waals surface area contributed by atoms with Crippen LogP contribution in [0.15, 0.2) is 58.3 Å². The van der Waals surface area contributed by atoms with Gasteiger partial charge in [-0.15, -0.1) is 0 Å². The van der Waals surface area contributed by atoms with Gasteiger partial charge in [0, 0.05) is 17.5 Å². The fourth-order valence-electron chi connectivity index (χ4n) is 3.63. The molecule has 1 saturated heterocycles. The van der Waals surface area contributed by atoms with Crippen molar-refractivity contribution in [2.75, 3.05) is 13.1 Å². The molecule has 1 unspecified atom stereocenters. The summed E-state index contributed by atoms with van der Waals surface area (Å²) in [6, 6.07) is 12.7. The first-order chi connectivity index (χ1) is 12.4. The van der Waals surface area contributed by atoms with Crippen LogP contribution < -0.4 is 5.32 Å². The maximum Gasteiger partial charge on any atom is 0.208 e. The number of hydrogen-bond acceptors (Lipinski definition) is 4. The molecule has 26 heavy (non-hydrogen) atoms. The number of carbonyl (C=O) groups excluding carboxylic acids is 1. The van der Waals surface area contributed by atoms with Crippen LogP contribution in [-0.2, 0) is 9.84 Å². The van der Waals surface area contributed by atoms with E-state index in [1.807, 2.05) is 0 Å². The quantitative estimate of drug-likeness (QED) is 0.752. The highest BCUT2D eigenvalue weighted by atomic mass is 35.5. The Morgan fingerprint density at radius 3 is 2.54 bits per heavy atom. The molecule has 1 heterocycles. The molecule has 1 N–H and O–H groups in total. The average Bonchev–Trinajstić information content (AvgIpc) is 3.12. The molecule has 138 valence electrons. The largest absolute Gasteiger partial charge is 0.316 e. The molecule has 0 saturated carbocycles. The molecule has 1 aliphatic rings. The van der Waals surface area contributed by atoms with E-state index in [-0.39, 0.29) is 20.6 Å². The second kappa shape index (κ2) is 7.51. The Kier molecular flexibility index (Phi) is 5.51. The number of nitrogens with one attached hydrogen (secondary N) is 1. The standard InChI is InChI=1S/C20H22ClNO3S/c1-2-10-20(11-12-22-14-20)19(23)15-8-9-17(21)18(13-15)26(24,25)16-6-4-3-5-7-16/h3-9,13,22H,2,10-12,14H2,1H3. The number of sulfone groups is 1. The SMILES string of the molecule is CCCC1(C(=O)c2ccc(Cl)c(S(=O)(=O)c3ccccc3)c2)CCNC1. The third kappa shape index (κ3) is 3.43. The molecule has 1 aliphatic heterocycles. The van der Waals surface area contributed by atoms with E-state index in [0.717, 1.165) is 25.8 Å². The molecule has 2 aromatic carbocycles. The number of rotatable bonds is 6. The van der Waals surface area contributed by atoms with Crippen LogP contribution in [0.3, 0.4) is 0 Å². The number of ketones is 1. The zero-order valence-corrected chi connectivity index (χ0v) is 16.2. The Bertz CT molecular complexity index is 904. The lowest BCUT2D eigenvalue weighted by Crippen LogP contribution is -2.33. The zero-order valence-electron chi connectivity index (χ0n) is 14.7. The van der Waals surface area contributed by atoms with Crippen molar-refractivity contribution in [3.8, 4) is 0 Å². The van der Waals surface area contributed by atoms with Gasteiger partial charge < -0.3 is 5.32 Å². The maximum atomic E-state index is 13.2. The first-order valence-corrected chi connectivity index (χ1v) is 10.6. The van der Waals surface area contributed by atoms with Gasteiger partial charge in [-0.05, 0) is 49.7 Å². The Morgan fingerprint density at radius 1 is 1.19 bits per heavy atom. The van der Waals surface area contributed by atoms with Gasteiger partial charge in [-0.25, -0.2) is 8.42 Å². The minimum Gasteiger partial charge on any atom is -0.316 e. The highest BCUT2D eigenvalue weighted by Crippen LogP contribution is 2.37. The highest BCUT2D eigenvalue weighted by Gasteiger charge is 2.41. The summed E-state index contributed by atoms with van der Waals surface area (Å²) in [6.45, 7) is 3.48. The van der Waals surface area contributed by atoms with Gasteiger partial charge in [-0.3, -0.25) is 4.79 Å². The zero-order chi connectivity index (χ0) is 18.8. The van der Waals surface area contributed by atoms with Crippen molar-refractivity contribution in [3.63, 3.8) is 0 Å². The maximum absolute atomic E-state index is 13.2. The van der Waals surface area contributed by atoms with E-state index in [9.17, 15) is 13.2 Å². The number of halogens is 1. The van der Waals surface area contributed by atoms with Crippen LogP contribution in [0.4, 0.5) is 0 Å². The van der Waals surface area contributed by atoms with E-state index < -0.39 is 15.3 Å². The van der Waals surface area contributed by atoms with E-state index in [1.54, 1.807) is 24.3 Å². The molecule has 0 radical (unpaired) electrons. The van der Waals surface area contributed by atoms with Crippen LogP contribution in [0.25, 0.3) is 0 Å². The molecule has 2 aromatic rings. The summed E-state index contributed by atoms with van der Waals surface area (Å²) in [5, 5.41) is 3.39. The molecule has 0 spiro atoms. The van der Waals surface area contributed by atoms with Gasteiger partial charge in [0.05, 0.1) is 14.8 Å². The molecule has 0 bridgehead atoms. The van der Waals surface area contributed by atoms with Crippen molar-refractivity contribution in [2.45, 2.75) is 36.0 Å². The molecule has 3 rings (SSSR count). The van der Waals surface area contributed by atoms with Crippen molar-refractivity contribution in [3.05, 3.63) is 59.1 Å². The smallest absolute Gasteiger partial charge is 0.208 e. The van der Waals surface area contributed by atoms with Crippen molar-refractivity contribution >= 4 is 27.2 Å². The van der Waals surface area contributed by atoms with Crippen LogP contribution >= 0.6 is 11.6 Å². The molecular formula is C20H22ClNO3S. The number of carbonyl (C=O) groups is 1. The van der Waals surface area contributed by atoms with Gasteiger partial charge in [0.25, 0.3) is 0 Å². The van der Waals surface area contributed by atoms with Crippen molar-refractivity contribution < 1.29 is 13.2 Å². The van der Waals surface area contributed by atoms with E-state index in [0.29, 0.717) is 12.1 Å². The molecule has 0 amide bonds. The first kappa shape index (κ1) is 19.1. The lowest BCUT2D eigenvalue weighted by atomic mass is 9.76. The monoisotopic (exact) mass is 391 g/mol. The lowest BCUT2D eigenvalue weighted by molar-refractivity contribution is 0.0801. The Hall–Kier alpha value is -1.69. The van der Waals surface area contributed by atoms with Gasteiger partial charge in [0.2, 0.25) is 9.84 Å². The van der Waals surface area contributed by atoms with Gasteiger partial charge in [-0.2, -0.15) is 0 Å². The highest BCUT2D eigenvalue weighted by molar-refractivity contribution is 7.91.